The summed E-state index contributed by atoms with van der Waals surface area (Å²) in [6, 6.07) is 6.41. The second kappa shape index (κ2) is 8.97. The molecule has 0 aliphatic heterocycles. The lowest BCUT2D eigenvalue weighted by Gasteiger charge is -2.17. The molecule has 0 spiro atoms. The fraction of sp³-hybridized carbons (Fsp3) is 0.409. The van der Waals surface area contributed by atoms with Gasteiger partial charge in [-0.25, -0.2) is 9.48 Å². The highest BCUT2D eigenvalue weighted by molar-refractivity contribution is 7.18. The molecule has 2 aromatic heterocycles. The minimum atomic E-state index is -0.400. The Balaban J connectivity index is 1.47. The van der Waals surface area contributed by atoms with E-state index >= 15 is 0 Å². The lowest BCUT2D eigenvalue weighted by molar-refractivity contribution is -0.117. The molecule has 1 aliphatic carbocycles. The number of esters is 1. The third kappa shape index (κ3) is 4.51. The van der Waals surface area contributed by atoms with Crippen LogP contribution in [0.3, 0.4) is 0 Å². The van der Waals surface area contributed by atoms with Gasteiger partial charge in [-0.3, -0.25) is 9.59 Å². The van der Waals surface area contributed by atoms with Gasteiger partial charge >= 0.3 is 5.97 Å². The van der Waals surface area contributed by atoms with Gasteiger partial charge in [0.15, 0.2) is 4.83 Å². The van der Waals surface area contributed by atoms with Gasteiger partial charge in [-0.2, -0.15) is 0 Å². The van der Waals surface area contributed by atoms with Crippen molar-refractivity contribution in [1.29, 1.82) is 0 Å². The van der Waals surface area contributed by atoms with E-state index in [1.165, 1.54) is 16.2 Å². The molecule has 0 unspecified atom stereocenters. The zero-order valence-corrected chi connectivity index (χ0v) is 18.3. The van der Waals surface area contributed by atoms with Gasteiger partial charge in [0.05, 0.1) is 17.6 Å². The predicted molar refractivity (Wildman–Crippen MR) is 119 cm³/mol. The summed E-state index contributed by atoms with van der Waals surface area (Å²) in [7, 11) is 0. The molecule has 2 heterocycles. The fourth-order valence-electron chi connectivity index (χ4n) is 3.70. The van der Waals surface area contributed by atoms with Crippen LogP contribution in [0.1, 0.15) is 47.5 Å². The van der Waals surface area contributed by atoms with E-state index in [1.54, 1.807) is 24.3 Å². The van der Waals surface area contributed by atoms with Gasteiger partial charge in [-0.1, -0.05) is 19.1 Å². The molecular weight excluding hydrogens is 416 g/mol. The Morgan fingerprint density at radius 2 is 2.06 bits per heavy atom. The van der Waals surface area contributed by atoms with Crippen molar-refractivity contribution in [3.63, 3.8) is 0 Å². The molecule has 1 N–H and O–H groups in total. The van der Waals surface area contributed by atoms with Crippen molar-refractivity contribution in [2.24, 2.45) is 5.92 Å². The van der Waals surface area contributed by atoms with Crippen molar-refractivity contribution in [2.75, 3.05) is 11.9 Å². The van der Waals surface area contributed by atoms with Crippen molar-refractivity contribution < 1.29 is 14.3 Å². The molecule has 9 heteroatoms. The van der Waals surface area contributed by atoms with Crippen LogP contribution in [0.4, 0.5) is 5.69 Å². The third-order valence-electron chi connectivity index (χ3n) is 5.32. The average molecular weight is 441 g/mol. The van der Waals surface area contributed by atoms with Gasteiger partial charge < -0.3 is 10.1 Å². The minimum absolute atomic E-state index is 0.233. The second-order valence-corrected chi connectivity index (χ2v) is 8.93. The Bertz CT molecular complexity index is 1180. The van der Waals surface area contributed by atoms with E-state index in [2.05, 4.69) is 22.6 Å². The zero-order valence-electron chi connectivity index (χ0n) is 17.5. The number of aryl methyl sites for hydroxylation is 1. The summed E-state index contributed by atoms with van der Waals surface area (Å²) in [5.41, 5.74) is 1.72. The Morgan fingerprint density at radius 3 is 2.81 bits per heavy atom. The predicted octanol–water partition coefficient (Wildman–Crippen LogP) is 3.18. The van der Waals surface area contributed by atoms with Crippen LogP contribution in [-0.4, -0.2) is 33.5 Å². The van der Waals surface area contributed by atoms with Crippen molar-refractivity contribution in [3.8, 4) is 0 Å². The van der Waals surface area contributed by atoms with E-state index in [-0.39, 0.29) is 12.1 Å². The van der Waals surface area contributed by atoms with Crippen LogP contribution >= 0.6 is 11.3 Å². The summed E-state index contributed by atoms with van der Waals surface area (Å²) >= 11 is 1.53. The maximum atomic E-state index is 13.0. The standard InChI is InChI=1S/C22H24N4O4S/c1-3-10-30-22(29)14-5-7-15(8-6-14)23-18(27)12-26-21(28)19-16-9-4-13(2)11-17(16)31-20(19)24-25-26/h5-8,13H,3-4,9-12H2,1-2H3,(H,23,27)/t13-/m0/s1. The van der Waals surface area contributed by atoms with Gasteiger partial charge in [0.1, 0.15) is 6.54 Å². The summed E-state index contributed by atoms with van der Waals surface area (Å²) in [5.74, 6) is -0.195. The molecule has 3 aromatic rings. The summed E-state index contributed by atoms with van der Waals surface area (Å²) in [4.78, 5) is 39.2. The quantitative estimate of drug-likeness (QED) is 0.591. The number of ether oxygens (including phenoxy) is 1. The Kier molecular flexibility index (Phi) is 6.13. The number of benzene rings is 1. The van der Waals surface area contributed by atoms with E-state index in [0.29, 0.717) is 34.0 Å². The number of carbonyl (C=O) groups is 2. The number of hydrogen-bond acceptors (Lipinski definition) is 7. The first kappa shape index (κ1) is 21.2. The number of fused-ring (bicyclic) bond motifs is 3. The average Bonchev–Trinajstić information content (AvgIpc) is 3.12. The number of amides is 1. The highest BCUT2D eigenvalue weighted by Crippen LogP contribution is 2.35. The van der Waals surface area contributed by atoms with Crippen molar-refractivity contribution in [1.82, 2.24) is 15.0 Å². The highest BCUT2D eigenvalue weighted by Gasteiger charge is 2.24. The molecule has 0 fully saturated rings. The van der Waals surface area contributed by atoms with Crippen LogP contribution in [0.15, 0.2) is 29.1 Å². The monoisotopic (exact) mass is 440 g/mol. The molecule has 1 aromatic carbocycles. The number of nitrogens with one attached hydrogen (secondary N) is 1. The van der Waals surface area contributed by atoms with E-state index in [4.69, 9.17) is 4.74 Å². The first-order chi connectivity index (χ1) is 15.0. The minimum Gasteiger partial charge on any atom is -0.462 e. The molecular formula is C22H24N4O4S. The highest BCUT2D eigenvalue weighted by atomic mass is 32.1. The molecule has 31 heavy (non-hydrogen) atoms. The van der Waals surface area contributed by atoms with E-state index in [1.807, 2.05) is 6.92 Å². The van der Waals surface area contributed by atoms with Crippen LogP contribution in [0, 0.1) is 5.92 Å². The molecule has 162 valence electrons. The number of hydrogen-bond donors (Lipinski definition) is 1. The molecule has 1 aliphatic rings. The van der Waals surface area contributed by atoms with Crippen LogP contribution in [0.2, 0.25) is 0 Å². The second-order valence-electron chi connectivity index (χ2n) is 7.85. The smallest absolute Gasteiger partial charge is 0.338 e. The van der Waals surface area contributed by atoms with Gasteiger partial charge in [0.2, 0.25) is 5.91 Å². The lowest BCUT2D eigenvalue weighted by atomic mass is 9.89. The number of thiophene rings is 1. The summed E-state index contributed by atoms with van der Waals surface area (Å²) in [5, 5.41) is 11.5. The number of rotatable bonds is 6. The first-order valence-electron chi connectivity index (χ1n) is 10.4. The summed E-state index contributed by atoms with van der Waals surface area (Å²) in [6.45, 7) is 4.27. The number of nitrogens with zero attached hydrogens (tertiary/aromatic N) is 3. The first-order valence-corrected chi connectivity index (χ1v) is 11.2. The summed E-state index contributed by atoms with van der Waals surface area (Å²) < 4.78 is 6.20. The fourth-order valence-corrected chi connectivity index (χ4v) is 5.02. The number of aromatic nitrogens is 3. The Morgan fingerprint density at radius 1 is 1.29 bits per heavy atom. The van der Waals surface area contributed by atoms with Crippen LogP contribution in [0.5, 0.6) is 0 Å². The molecule has 0 bridgehead atoms. The normalized spacial score (nSPS) is 15.5. The van der Waals surface area contributed by atoms with Crippen molar-refractivity contribution in [2.45, 2.75) is 46.1 Å². The molecule has 1 amide bonds. The van der Waals surface area contributed by atoms with E-state index in [0.717, 1.165) is 35.9 Å². The number of anilines is 1. The topological polar surface area (TPSA) is 103 Å². The van der Waals surface area contributed by atoms with Gasteiger partial charge in [0.25, 0.3) is 5.56 Å². The van der Waals surface area contributed by atoms with Crippen molar-refractivity contribution >= 4 is 39.1 Å². The largest absolute Gasteiger partial charge is 0.462 e. The van der Waals surface area contributed by atoms with Crippen LogP contribution < -0.4 is 10.9 Å². The van der Waals surface area contributed by atoms with Gasteiger partial charge in [-0.15, -0.1) is 16.4 Å². The zero-order chi connectivity index (χ0) is 22.0. The molecule has 0 saturated carbocycles. The van der Waals surface area contributed by atoms with Gasteiger partial charge in [-0.05, 0) is 61.4 Å². The van der Waals surface area contributed by atoms with Crippen LogP contribution in [0.25, 0.3) is 10.2 Å². The molecule has 0 saturated heterocycles. The van der Waals surface area contributed by atoms with Gasteiger partial charge in [0, 0.05) is 10.6 Å². The Labute approximate surface area is 183 Å². The molecule has 4 rings (SSSR count). The molecule has 0 radical (unpaired) electrons. The molecule has 8 nitrogen and oxygen atoms in total. The summed E-state index contributed by atoms with van der Waals surface area (Å²) in [6.07, 6.45) is 3.61. The third-order valence-corrected chi connectivity index (χ3v) is 6.46. The van der Waals surface area contributed by atoms with E-state index < -0.39 is 11.9 Å². The van der Waals surface area contributed by atoms with Crippen molar-refractivity contribution in [3.05, 3.63) is 50.6 Å². The van der Waals surface area contributed by atoms with Crippen LogP contribution in [-0.2, 0) is 28.9 Å². The number of carbonyl (C=O) groups excluding carboxylic acids is 2. The Hall–Kier alpha value is -3.07. The molecule has 1 atom stereocenters. The lowest BCUT2D eigenvalue weighted by Crippen LogP contribution is -2.30. The SMILES string of the molecule is CCCOC(=O)c1ccc(NC(=O)Cn2nnc3sc4c(c3c2=O)CC[C@H](C)C4)cc1. The maximum Gasteiger partial charge on any atom is 0.338 e. The van der Waals surface area contributed by atoms with E-state index in [9.17, 15) is 14.4 Å². The maximum absolute atomic E-state index is 13.0.